The molecule has 0 fully saturated rings. The Morgan fingerprint density at radius 3 is 2.88 bits per heavy atom. The van der Waals surface area contributed by atoms with Gasteiger partial charge in [-0.3, -0.25) is 4.98 Å². The van der Waals surface area contributed by atoms with Crippen LogP contribution < -0.4 is 0 Å². The summed E-state index contributed by atoms with van der Waals surface area (Å²) >= 11 is 0. The molecule has 0 saturated carbocycles. The molecule has 0 spiro atoms. The van der Waals surface area contributed by atoms with Crippen LogP contribution in [0.5, 0.6) is 5.75 Å². The van der Waals surface area contributed by atoms with E-state index >= 15 is 0 Å². The van der Waals surface area contributed by atoms with E-state index in [-0.39, 0.29) is 0 Å². The lowest BCUT2D eigenvalue weighted by atomic mass is 10.0. The standard InChI is InChI=1S/C14H13NO/c16-14-7-2-1-5-12(14)11-8-10-4-3-6-13(10)15-9-11/h1-2,5,7-9,16H,3-4,6H2. The molecule has 0 bridgehead atoms. The number of pyridine rings is 1. The van der Waals surface area contributed by atoms with E-state index in [2.05, 4.69) is 11.1 Å². The van der Waals surface area contributed by atoms with Crippen LogP contribution in [0.2, 0.25) is 0 Å². The van der Waals surface area contributed by atoms with Crippen LogP contribution in [0.15, 0.2) is 36.5 Å². The Bertz CT molecular complexity index is 534. The summed E-state index contributed by atoms with van der Waals surface area (Å²) in [6.07, 6.45) is 5.27. The Labute approximate surface area is 94.6 Å². The highest BCUT2D eigenvalue weighted by atomic mass is 16.3. The Balaban J connectivity index is 2.11. The molecule has 2 aromatic rings. The summed E-state index contributed by atoms with van der Waals surface area (Å²) in [7, 11) is 0. The summed E-state index contributed by atoms with van der Waals surface area (Å²) in [5, 5.41) is 9.78. The van der Waals surface area contributed by atoms with Gasteiger partial charge in [-0.2, -0.15) is 0 Å². The first kappa shape index (κ1) is 9.40. The zero-order valence-electron chi connectivity index (χ0n) is 8.98. The van der Waals surface area contributed by atoms with Crippen molar-refractivity contribution in [3.63, 3.8) is 0 Å². The van der Waals surface area contributed by atoms with E-state index in [4.69, 9.17) is 0 Å². The van der Waals surface area contributed by atoms with Crippen LogP contribution >= 0.6 is 0 Å². The van der Waals surface area contributed by atoms with E-state index in [1.165, 1.54) is 17.7 Å². The number of aromatic nitrogens is 1. The summed E-state index contributed by atoms with van der Waals surface area (Å²) in [6.45, 7) is 0. The highest BCUT2D eigenvalue weighted by Gasteiger charge is 2.13. The number of phenolic OH excluding ortho intramolecular Hbond substituents is 1. The van der Waals surface area contributed by atoms with Crippen molar-refractivity contribution in [1.82, 2.24) is 4.98 Å². The summed E-state index contributed by atoms with van der Waals surface area (Å²) < 4.78 is 0. The van der Waals surface area contributed by atoms with Crippen molar-refractivity contribution in [2.24, 2.45) is 0 Å². The number of hydrogen-bond acceptors (Lipinski definition) is 2. The Morgan fingerprint density at radius 2 is 2.00 bits per heavy atom. The van der Waals surface area contributed by atoms with Crippen LogP contribution in [0.3, 0.4) is 0 Å². The number of phenols is 1. The number of aromatic hydroxyl groups is 1. The van der Waals surface area contributed by atoms with Gasteiger partial charge < -0.3 is 5.11 Å². The number of rotatable bonds is 1. The van der Waals surface area contributed by atoms with Crippen molar-refractivity contribution in [2.75, 3.05) is 0 Å². The van der Waals surface area contributed by atoms with Crippen LogP contribution in [0.1, 0.15) is 17.7 Å². The molecule has 1 heterocycles. The highest BCUT2D eigenvalue weighted by Crippen LogP contribution is 2.31. The fourth-order valence-corrected chi connectivity index (χ4v) is 2.29. The predicted octanol–water partition coefficient (Wildman–Crippen LogP) is 2.94. The normalized spacial score (nSPS) is 13.8. The van der Waals surface area contributed by atoms with E-state index < -0.39 is 0 Å². The van der Waals surface area contributed by atoms with Gasteiger partial charge in [-0.25, -0.2) is 0 Å². The second kappa shape index (κ2) is 3.63. The molecule has 2 heteroatoms. The van der Waals surface area contributed by atoms with E-state index in [0.29, 0.717) is 5.75 Å². The second-order valence-electron chi connectivity index (χ2n) is 4.20. The van der Waals surface area contributed by atoms with Crippen LogP contribution in [-0.4, -0.2) is 10.1 Å². The minimum atomic E-state index is 0.322. The molecule has 80 valence electrons. The molecule has 0 aliphatic heterocycles. The maximum atomic E-state index is 9.78. The Hall–Kier alpha value is -1.83. The van der Waals surface area contributed by atoms with Gasteiger partial charge in [0.1, 0.15) is 5.75 Å². The van der Waals surface area contributed by atoms with Crippen LogP contribution in [0, 0.1) is 0 Å². The zero-order chi connectivity index (χ0) is 11.0. The van der Waals surface area contributed by atoms with Gasteiger partial charge in [0.2, 0.25) is 0 Å². The zero-order valence-corrected chi connectivity index (χ0v) is 8.98. The lowest BCUT2D eigenvalue weighted by Crippen LogP contribution is -1.89. The molecule has 1 N–H and O–H groups in total. The molecule has 0 radical (unpaired) electrons. The number of benzene rings is 1. The Morgan fingerprint density at radius 1 is 1.12 bits per heavy atom. The molecule has 1 aliphatic carbocycles. The molecule has 2 nitrogen and oxygen atoms in total. The molecule has 0 unspecified atom stereocenters. The third-order valence-corrected chi connectivity index (χ3v) is 3.13. The van der Waals surface area contributed by atoms with Gasteiger partial charge in [-0.15, -0.1) is 0 Å². The first-order chi connectivity index (χ1) is 7.84. The quantitative estimate of drug-likeness (QED) is 0.786. The predicted molar refractivity (Wildman–Crippen MR) is 63.4 cm³/mol. The molecule has 16 heavy (non-hydrogen) atoms. The average molecular weight is 211 g/mol. The van der Waals surface area contributed by atoms with Gasteiger partial charge in [0.15, 0.2) is 0 Å². The molecular weight excluding hydrogens is 198 g/mol. The van der Waals surface area contributed by atoms with Crippen LogP contribution in [0.25, 0.3) is 11.1 Å². The maximum Gasteiger partial charge on any atom is 0.123 e. The van der Waals surface area contributed by atoms with Crippen molar-refractivity contribution in [3.05, 3.63) is 47.8 Å². The fourth-order valence-electron chi connectivity index (χ4n) is 2.29. The molecule has 3 rings (SSSR count). The van der Waals surface area contributed by atoms with E-state index in [1.54, 1.807) is 6.07 Å². The van der Waals surface area contributed by atoms with E-state index in [0.717, 1.165) is 24.0 Å². The molecular formula is C14H13NO. The van der Waals surface area contributed by atoms with Crippen molar-refractivity contribution in [3.8, 4) is 16.9 Å². The lowest BCUT2D eigenvalue weighted by molar-refractivity contribution is 0.477. The molecule has 0 atom stereocenters. The van der Waals surface area contributed by atoms with Crippen molar-refractivity contribution in [2.45, 2.75) is 19.3 Å². The SMILES string of the molecule is Oc1ccccc1-c1cnc2c(c1)CCC2. The fraction of sp³-hybridized carbons (Fsp3) is 0.214. The lowest BCUT2D eigenvalue weighted by Gasteiger charge is -2.06. The van der Waals surface area contributed by atoms with Crippen molar-refractivity contribution in [1.29, 1.82) is 0 Å². The molecule has 0 saturated heterocycles. The summed E-state index contributed by atoms with van der Waals surface area (Å²) in [4.78, 5) is 4.47. The van der Waals surface area contributed by atoms with Crippen LogP contribution in [-0.2, 0) is 12.8 Å². The van der Waals surface area contributed by atoms with Gasteiger partial charge >= 0.3 is 0 Å². The topological polar surface area (TPSA) is 33.1 Å². The Kier molecular flexibility index (Phi) is 2.13. The second-order valence-corrected chi connectivity index (χ2v) is 4.20. The number of aryl methyl sites for hydroxylation is 2. The number of para-hydroxylation sites is 1. The van der Waals surface area contributed by atoms with Crippen LogP contribution in [0.4, 0.5) is 0 Å². The minimum absolute atomic E-state index is 0.322. The molecule has 1 aromatic carbocycles. The monoisotopic (exact) mass is 211 g/mol. The molecule has 1 aliphatic rings. The number of hydrogen-bond donors (Lipinski definition) is 1. The largest absolute Gasteiger partial charge is 0.507 e. The molecule has 0 amide bonds. The first-order valence-corrected chi connectivity index (χ1v) is 5.61. The van der Waals surface area contributed by atoms with Gasteiger partial charge in [0.05, 0.1) is 0 Å². The third-order valence-electron chi connectivity index (χ3n) is 3.13. The first-order valence-electron chi connectivity index (χ1n) is 5.61. The van der Waals surface area contributed by atoms with Crippen molar-refractivity contribution >= 4 is 0 Å². The van der Waals surface area contributed by atoms with Crippen molar-refractivity contribution < 1.29 is 5.11 Å². The molecule has 1 aromatic heterocycles. The number of nitrogens with zero attached hydrogens (tertiary/aromatic N) is 1. The average Bonchev–Trinajstić information content (AvgIpc) is 2.76. The third kappa shape index (κ3) is 1.47. The smallest absolute Gasteiger partial charge is 0.123 e. The summed E-state index contributed by atoms with van der Waals surface area (Å²) in [5.74, 6) is 0.322. The summed E-state index contributed by atoms with van der Waals surface area (Å²) in [6, 6.07) is 9.56. The van der Waals surface area contributed by atoms with Gasteiger partial charge in [-0.1, -0.05) is 18.2 Å². The van der Waals surface area contributed by atoms with Gasteiger partial charge in [-0.05, 0) is 37.0 Å². The van der Waals surface area contributed by atoms with Gasteiger partial charge in [0.25, 0.3) is 0 Å². The number of fused-ring (bicyclic) bond motifs is 1. The van der Waals surface area contributed by atoms with Gasteiger partial charge in [0, 0.05) is 23.0 Å². The summed E-state index contributed by atoms with van der Waals surface area (Å²) in [5.41, 5.74) is 4.43. The van der Waals surface area contributed by atoms with E-state index in [1.807, 2.05) is 24.4 Å². The maximum absolute atomic E-state index is 9.78. The highest BCUT2D eigenvalue weighted by molar-refractivity contribution is 5.70. The minimum Gasteiger partial charge on any atom is -0.507 e. The van der Waals surface area contributed by atoms with E-state index in [9.17, 15) is 5.11 Å².